The average molecular weight is 329 g/mol. The number of likely N-dealkylation sites (N-methyl/N-ethyl adjacent to an activating group) is 1. The molecular weight excluding hydrogens is 302 g/mol. The highest BCUT2D eigenvalue weighted by Gasteiger charge is 2.43. The van der Waals surface area contributed by atoms with Crippen molar-refractivity contribution in [2.24, 2.45) is 0 Å². The molecule has 0 unspecified atom stereocenters. The average Bonchev–Trinajstić information content (AvgIpc) is 2.80. The van der Waals surface area contributed by atoms with Crippen molar-refractivity contribution in [1.29, 1.82) is 0 Å². The molecule has 3 rings (SSSR count). The van der Waals surface area contributed by atoms with Crippen LogP contribution >= 0.6 is 0 Å². The van der Waals surface area contributed by atoms with Gasteiger partial charge in [-0.25, -0.2) is 0 Å². The number of nitrogens with zero attached hydrogens (tertiary/aromatic N) is 3. The Morgan fingerprint density at radius 1 is 1.12 bits per heavy atom. The van der Waals surface area contributed by atoms with Crippen molar-refractivity contribution < 1.29 is 9.59 Å². The Labute approximate surface area is 144 Å². The van der Waals surface area contributed by atoms with Crippen LogP contribution in [0.5, 0.6) is 0 Å². The minimum atomic E-state index is -0.508. The summed E-state index contributed by atoms with van der Waals surface area (Å²) < 4.78 is 0. The summed E-state index contributed by atoms with van der Waals surface area (Å²) in [5.74, 6) is 0.244. The molecule has 1 aromatic carbocycles. The molecule has 2 aliphatic heterocycles. The first-order chi connectivity index (χ1) is 11.4. The first kappa shape index (κ1) is 17.0. The Hall–Kier alpha value is -1.88. The van der Waals surface area contributed by atoms with Crippen molar-refractivity contribution in [3.8, 4) is 0 Å². The molecule has 2 amide bonds. The van der Waals surface area contributed by atoms with Crippen LogP contribution in [0.3, 0.4) is 0 Å². The second-order valence-electron chi connectivity index (χ2n) is 7.16. The van der Waals surface area contributed by atoms with Crippen LogP contribution in [0, 0.1) is 0 Å². The maximum absolute atomic E-state index is 12.7. The smallest absolute Gasteiger partial charge is 0.237 e. The van der Waals surface area contributed by atoms with Crippen LogP contribution in [0.15, 0.2) is 24.3 Å². The molecule has 0 bridgehead atoms. The number of carbonyl (C=O) groups is 2. The zero-order chi connectivity index (χ0) is 17.3. The molecule has 5 nitrogen and oxygen atoms in total. The topological polar surface area (TPSA) is 43.9 Å². The molecule has 0 saturated carbocycles. The lowest BCUT2D eigenvalue weighted by molar-refractivity contribution is -0.132. The molecule has 0 spiro atoms. The Morgan fingerprint density at radius 2 is 1.79 bits per heavy atom. The van der Waals surface area contributed by atoms with Crippen LogP contribution < -0.4 is 4.90 Å². The quantitative estimate of drug-likeness (QED) is 0.847. The molecule has 1 saturated heterocycles. The Bertz CT molecular complexity index is 633. The van der Waals surface area contributed by atoms with Gasteiger partial charge in [-0.3, -0.25) is 9.59 Å². The SMILES string of the molecule is CCN1CCN(C(=O)CCN2C(=O)C(C)(C)c3ccccc32)CC1. The summed E-state index contributed by atoms with van der Waals surface area (Å²) in [6.07, 6.45) is 0.391. The van der Waals surface area contributed by atoms with E-state index in [0.29, 0.717) is 13.0 Å². The molecular formula is C19H27N3O2. The van der Waals surface area contributed by atoms with Gasteiger partial charge in [0.25, 0.3) is 0 Å². The van der Waals surface area contributed by atoms with E-state index in [0.717, 1.165) is 44.0 Å². The summed E-state index contributed by atoms with van der Waals surface area (Å²) in [5, 5.41) is 0. The first-order valence-electron chi connectivity index (χ1n) is 8.86. The minimum Gasteiger partial charge on any atom is -0.340 e. The van der Waals surface area contributed by atoms with E-state index in [1.54, 1.807) is 4.90 Å². The number of piperazine rings is 1. The van der Waals surface area contributed by atoms with Crippen molar-refractivity contribution in [2.75, 3.05) is 44.2 Å². The van der Waals surface area contributed by atoms with Gasteiger partial charge in [0.1, 0.15) is 0 Å². The molecule has 24 heavy (non-hydrogen) atoms. The standard InChI is InChI=1S/C19H27N3O2/c1-4-20-11-13-21(14-12-20)17(23)9-10-22-16-8-6-5-7-15(16)19(2,3)18(22)24/h5-8H,4,9-14H2,1-3H3. The largest absolute Gasteiger partial charge is 0.340 e. The summed E-state index contributed by atoms with van der Waals surface area (Å²) in [5.41, 5.74) is 1.50. The van der Waals surface area contributed by atoms with E-state index >= 15 is 0 Å². The third-order valence-corrected chi connectivity index (χ3v) is 5.37. The lowest BCUT2D eigenvalue weighted by Crippen LogP contribution is -2.49. The number of para-hydroxylation sites is 1. The summed E-state index contributed by atoms with van der Waals surface area (Å²) in [7, 11) is 0. The van der Waals surface area contributed by atoms with Crippen LogP contribution in [-0.4, -0.2) is 60.9 Å². The van der Waals surface area contributed by atoms with E-state index < -0.39 is 5.41 Å². The number of benzene rings is 1. The molecule has 0 aromatic heterocycles. The molecule has 0 N–H and O–H groups in total. The van der Waals surface area contributed by atoms with E-state index in [9.17, 15) is 9.59 Å². The highest BCUT2D eigenvalue weighted by Crippen LogP contribution is 2.41. The van der Waals surface area contributed by atoms with Gasteiger partial charge in [-0.15, -0.1) is 0 Å². The van der Waals surface area contributed by atoms with E-state index in [1.165, 1.54) is 0 Å². The van der Waals surface area contributed by atoms with Gasteiger partial charge in [-0.1, -0.05) is 25.1 Å². The highest BCUT2D eigenvalue weighted by atomic mass is 16.2. The van der Waals surface area contributed by atoms with Crippen LogP contribution in [0.4, 0.5) is 5.69 Å². The lowest BCUT2D eigenvalue weighted by Gasteiger charge is -2.34. The molecule has 1 aromatic rings. The number of anilines is 1. The summed E-state index contributed by atoms with van der Waals surface area (Å²) in [6.45, 7) is 11.0. The van der Waals surface area contributed by atoms with Crippen molar-refractivity contribution >= 4 is 17.5 Å². The van der Waals surface area contributed by atoms with Crippen molar-refractivity contribution in [2.45, 2.75) is 32.6 Å². The van der Waals surface area contributed by atoms with Gasteiger partial charge in [-0.2, -0.15) is 0 Å². The van der Waals surface area contributed by atoms with Gasteiger partial charge < -0.3 is 14.7 Å². The highest BCUT2D eigenvalue weighted by molar-refractivity contribution is 6.07. The van der Waals surface area contributed by atoms with Gasteiger partial charge in [0.15, 0.2) is 0 Å². The van der Waals surface area contributed by atoms with Crippen LogP contribution in [-0.2, 0) is 15.0 Å². The summed E-state index contributed by atoms with van der Waals surface area (Å²) in [6, 6.07) is 7.91. The van der Waals surface area contributed by atoms with Crippen molar-refractivity contribution in [3.63, 3.8) is 0 Å². The lowest BCUT2D eigenvalue weighted by atomic mass is 9.86. The maximum Gasteiger partial charge on any atom is 0.237 e. The van der Waals surface area contributed by atoms with Crippen LogP contribution in [0.2, 0.25) is 0 Å². The molecule has 0 atom stereocenters. The molecule has 5 heteroatoms. The summed E-state index contributed by atoms with van der Waals surface area (Å²) >= 11 is 0. The number of amides is 2. The van der Waals surface area contributed by atoms with Gasteiger partial charge in [0.05, 0.1) is 5.41 Å². The van der Waals surface area contributed by atoms with E-state index in [1.807, 2.05) is 43.0 Å². The fourth-order valence-electron chi connectivity index (χ4n) is 3.70. The fourth-order valence-corrected chi connectivity index (χ4v) is 3.70. The predicted molar refractivity (Wildman–Crippen MR) is 95.1 cm³/mol. The first-order valence-corrected chi connectivity index (χ1v) is 8.86. The predicted octanol–water partition coefficient (Wildman–Crippen LogP) is 1.86. The number of rotatable bonds is 4. The van der Waals surface area contributed by atoms with Crippen molar-refractivity contribution in [1.82, 2.24) is 9.80 Å². The number of fused-ring (bicyclic) bond motifs is 1. The van der Waals surface area contributed by atoms with Crippen molar-refractivity contribution in [3.05, 3.63) is 29.8 Å². The molecule has 2 aliphatic rings. The second kappa shape index (κ2) is 6.55. The van der Waals surface area contributed by atoms with E-state index in [2.05, 4.69) is 11.8 Å². The fraction of sp³-hybridized carbons (Fsp3) is 0.579. The van der Waals surface area contributed by atoms with E-state index in [4.69, 9.17) is 0 Å². The zero-order valence-corrected chi connectivity index (χ0v) is 14.9. The Morgan fingerprint density at radius 3 is 2.46 bits per heavy atom. The molecule has 0 aliphatic carbocycles. The third kappa shape index (κ3) is 2.93. The van der Waals surface area contributed by atoms with Crippen LogP contribution in [0.25, 0.3) is 0 Å². The summed E-state index contributed by atoms with van der Waals surface area (Å²) in [4.78, 5) is 31.3. The monoisotopic (exact) mass is 329 g/mol. The molecule has 0 radical (unpaired) electrons. The normalized spacial score (nSPS) is 20.4. The van der Waals surface area contributed by atoms with Gasteiger partial charge in [0, 0.05) is 44.8 Å². The number of hydrogen-bond donors (Lipinski definition) is 0. The van der Waals surface area contributed by atoms with Gasteiger partial charge in [0.2, 0.25) is 11.8 Å². The molecule has 130 valence electrons. The van der Waals surface area contributed by atoms with Gasteiger partial charge >= 0.3 is 0 Å². The number of carbonyl (C=O) groups excluding carboxylic acids is 2. The Balaban J connectivity index is 1.63. The second-order valence-corrected chi connectivity index (χ2v) is 7.16. The Kier molecular flexibility index (Phi) is 4.63. The zero-order valence-electron chi connectivity index (χ0n) is 14.9. The molecule has 1 fully saturated rings. The minimum absolute atomic E-state index is 0.0901. The maximum atomic E-state index is 12.7. The van der Waals surface area contributed by atoms with Gasteiger partial charge in [-0.05, 0) is 32.0 Å². The number of hydrogen-bond acceptors (Lipinski definition) is 3. The molecule has 2 heterocycles. The van der Waals surface area contributed by atoms with Crippen LogP contribution in [0.1, 0.15) is 32.8 Å². The van der Waals surface area contributed by atoms with E-state index in [-0.39, 0.29) is 11.8 Å². The third-order valence-electron chi connectivity index (χ3n) is 5.37.